The second kappa shape index (κ2) is 11.3. The van der Waals surface area contributed by atoms with E-state index in [0.717, 1.165) is 32.4 Å². The number of methoxy groups -OCH3 is 1. The molecule has 3 aromatic heterocycles. The number of ether oxygens (including phenoxy) is 1. The third kappa shape index (κ3) is 5.03. The van der Waals surface area contributed by atoms with Crippen LogP contribution in [0, 0.1) is 6.92 Å². The zero-order chi connectivity index (χ0) is 30.1. The molecule has 12 nitrogen and oxygen atoms in total. The minimum absolute atomic E-state index is 0.232. The summed E-state index contributed by atoms with van der Waals surface area (Å²) in [4.78, 5) is 44.4. The summed E-state index contributed by atoms with van der Waals surface area (Å²) in [5.41, 5.74) is 3.78. The van der Waals surface area contributed by atoms with Gasteiger partial charge in [0.05, 0.1) is 13.2 Å². The molecule has 0 aliphatic rings. The van der Waals surface area contributed by atoms with Crippen LogP contribution in [0.25, 0.3) is 33.7 Å². The largest absolute Gasteiger partial charge is 0.468 e. The topological polar surface area (TPSA) is 143 Å². The molecule has 0 amide bonds. The molecule has 0 fully saturated rings. The number of carbonyl (C=O) groups is 1. The van der Waals surface area contributed by atoms with Gasteiger partial charge < -0.3 is 9.30 Å². The van der Waals surface area contributed by atoms with E-state index in [4.69, 9.17) is 9.72 Å². The molecular formula is C31H28N8O4. The van der Waals surface area contributed by atoms with Crippen LogP contribution in [-0.2, 0) is 22.6 Å². The van der Waals surface area contributed by atoms with Crippen LogP contribution in [-0.4, -0.2) is 52.4 Å². The number of nitrogens with one attached hydrogen (secondary N) is 1. The lowest BCUT2D eigenvalue weighted by Gasteiger charge is -2.18. The van der Waals surface area contributed by atoms with E-state index in [0.29, 0.717) is 18.2 Å². The third-order valence-corrected chi connectivity index (χ3v) is 7.56. The molecule has 0 bridgehead atoms. The van der Waals surface area contributed by atoms with E-state index in [-0.39, 0.29) is 11.2 Å². The molecular weight excluding hydrogens is 548 g/mol. The molecule has 6 rings (SSSR count). The van der Waals surface area contributed by atoms with Crippen molar-refractivity contribution in [2.75, 3.05) is 7.11 Å². The Morgan fingerprint density at radius 1 is 0.930 bits per heavy atom. The first-order valence-electron chi connectivity index (χ1n) is 13.6. The second-order valence-electron chi connectivity index (χ2n) is 10.1. The lowest BCUT2D eigenvalue weighted by molar-refractivity contribution is -0.141. The van der Waals surface area contributed by atoms with Crippen molar-refractivity contribution in [3.63, 3.8) is 0 Å². The Balaban J connectivity index is 1.44. The molecule has 12 heteroatoms. The van der Waals surface area contributed by atoms with Gasteiger partial charge in [-0.1, -0.05) is 78.9 Å². The number of hydrogen-bond donors (Lipinski definition) is 1. The van der Waals surface area contributed by atoms with Crippen molar-refractivity contribution in [2.24, 2.45) is 0 Å². The predicted molar refractivity (Wildman–Crippen MR) is 159 cm³/mol. The number of aromatic nitrogens is 8. The van der Waals surface area contributed by atoms with Gasteiger partial charge in [-0.3, -0.25) is 14.2 Å². The number of tetrazole rings is 1. The molecule has 0 spiro atoms. The highest BCUT2D eigenvalue weighted by Gasteiger charge is 2.25. The highest BCUT2D eigenvalue weighted by molar-refractivity contribution is 5.80. The molecule has 0 aliphatic heterocycles. The van der Waals surface area contributed by atoms with Crippen LogP contribution in [0.2, 0.25) is 0 Å². The number of H-pyrrole nitrogens is 1. The Morgan fingerprint density at radius 3 is 2.30 bits per heavy atom. The molecule has 0 saturated carbocycles. The zero-order valence-electron chi connectivity index (χ0n) is 23.8. The maximum atomic E-state index is 13.8. The monoisotopic (exact) mass is 576 g/mol. The summed E-state index contributed by atoms with van der Waals surface area (Å²) in [5, 5.41) is 14.4. The Bertz CT molecular complexity index is 2040. The number of aromatic amines is 1. The first kappa shape index (κ1) is 27.5. The summed E-state index contributed by atoms with van der Waals surface area (Å²) in [6.07, 6.45) is 0. The van der Waals surface area contributed by atoms with Crippen molar-refractivity contribution < 1.29 is 9.53 Å². The molecule has 1 atom stereocenters. The molecule has 216 valence electrons. The van der Waals surface area contributed by atoms with E-state index in [2.05, 4.69) is 20.6 Å². The fraction of sp³-hybridized carbons (Fsp3) is 0.194. The van der Waals surface area contributed by atoms with Crippen molar-refractivity contribution in [3.8, 4) is 22.5 Å². The number of rotatable bonds is 8. The number of imidazole rings is 1. The van der Waals surface area contributed by atoms with Crippen LogP contribution in [0.1, 0.15) is 29.9 Å². The van der Waals surface area contributed by atoms with Crippen LogP contribution in [0.5, 0.6) is 0 Å². The summed E-state index contributed by atoms with van der Waals surface area (Å²) >= 11 is 0. The summed E-state index contributed by atoms with van der Waals surface area (Å²) in [6, 6.07) is 24.7. The molecule has 3 heterocycles. The SMILES string of the molecule is COC(=O)Cn1c(=O)c2c(nc(C)n2Cc2ccc(-c3ccccc3-c3nn[nH]n3)cc2)n(C(C)c2ccccc2)c1=O. The van der Waals surface area contributed by atoms with Gasteiger partial charge in [-0.25, -0.2) is 14.3 Å². The normalized spacial score (nSPS) is 12.0. The van der Waals surface area contributed by atoms with E-state index in [9.17, 15) is 14.4 Å². The summed E-state index contributed by atoms with van der Waals surface area (Å²) in [7, 11) is 1.22. The number of fused-ring (bicyclic) bond motifs is 1. The lowest BCUT2D eigenvalue weighted by Crippen LogP contribution is -2.43. The van der Waals surface area contributed by atoms with Gasteiger partial charge in [-0.05, 0) is 41.3 Å². The number of hydrogen-bond acceptors (Lipinski definition) is 8. The average Bonchev–Trinajstić information content (AvgIpc) is 3.68. The van der Waals surface area contributed by atoms with Crippen LogP contribution < -0.4 is 11.2 Å². The first-order valence-corrected chi connectivity index (χ1v) is 13.6. The van der Waals surface area contributed by atoms with Gasteiger partial charge in [0.1, 0.15) is 12.4 Å². The average molecular weight is 577 g/mol. The molecule has 6 aromatic rings. The molecule has 0 aliphatic carbocycles. The quantitative estimate of drug-likeness (QED) is 0.272. The van der Waals surface area contributed by atoms with Gasteiger partial charge in [0, 0.05) is 12.1 Å². The van der Waals surface area contributed by atoms with Gasteiger partial charge in [-0.2, -0.15) is 5.21 Å². The summed E-state index contributed by atoms with van der Waals surface area (Å²) in [5.74, 6) is 0.360. The van der Waals surface area contributed by atoms with E-state index < -0.39 is 29.8 Å². The van der Waals surface area contributed by atoms with Crippen molar-refractivity contribution in [3.05, 3.63) is 117 Å². The van der Waals surface area contributed by atoms with E-state index >= 15 is 0 Å². The zero-order valence-corrected chi connectivity index (χ0v) is 23.8. The third-order valence-electron chi connectivity index (χ3n) is 7.56. The van der Waals surface area contributed by atoms with E-state index in [1.54, 1.807) is 11.5 Å². The Kier molecular flexibility index (Phi) is 7.24. The fourth-order valence-electron chi connectivity index (χ4n) is 5.30. The van der Waals surface area contributed by atoms with E-state index in [1.165, 1.54) is 11.7 Å². The maximum absolute atomic E-state index is 13.8. The van der Waals surface area contributed by atoms with Crippen LogP contribution >= 0.6 is 0 Å². The molecule has 43 heavy (non-hydrogen) atoms. The summed E-state index contributed by atoms with van der Waals surface area (Å²) in [6.45, 7) is 3.47. The fourth-order valence-corrected chi connectivity index (χ4v) is 5.30. The van der Waals surface area contributed by atoms with Crippen molar-refractivity contribution in [1.29, 1.82) is 0 Å². The smallest absolute Gasteiger partial charge is 0.333 e. The Morgan fingerprint density at radius 2 is 1.63 bits per heavy atom. The standard InChI is InChI=1S/C31H28N8O4/c1-19(22-9-5-4-6-10-22)39-29-27(30(41)38(31(39)42)18-26(40)43-3)37(20(2)32-29)17-21-13-15-23(16-14-21)24-11-7-8-12-25(24)28-33-35-36-34-28/h4-16,19H,17-18H2,1-3H3,(H,33,34,35,36). The molecule has 0 radical (unpaired) electrons. The van der Waals surface area contributed by atoms with Crippen molar-refractivity contribution >= 4 is 17.1 Å². The van der Waals surface area contributed by atoms with Crippen LogP contribution in [0.3, 0.4) is 0 Å². The Hall–Kier alpha value is -5.65. The number of carbonyl (C=O) groups excluding carboxylic acids is 1. The number of benzene rings is 3. The second-order valence-corrected chi connectivity index (χ2v) is 10.1. The highest BCUT2D eigenvalue weighted by atomic mass is 16.5. The van der Waals surface area contributed by atoms with Gasteiger partial charge >= 0.3 is 11.7 Å². The minimum atomic E-state index is -0.697. The molecule has 0 saturated heterocycles. The van der Waals surface area contributed by atoms with Crippen LogP contribution in [0.15, 0.2) is 88.5 Å². The van der Waals surface area contributed by atoms with Crippen molar-refractivity contribution in [1.82, 2.24) is 39.3 Å². The number of aryl methyl sites for hydroxylation is 1. The minimum Gasteiger partial charge on any atom is -0.468 e. The molecule has 1 unspecified atom stereocenters. The Labute approximate surface area is 245 Å². The van der Waals surface area contributed by atoms with Crippen LogP contribution in [0.4, 0.5) is 0 Å². The van der Waals surface area contributed by atoms with Gasteiger partial charge in [0.25, 0.3) is 5.56 Å². The number of nitrogens with zero attached hydrogens (tertiary/aromatic N) is 7. The lowest BCUT2D eigenvalue weighted by atomic mass is 9.98. The number of esters is 1. The molecule has 1 N–H and O–H groups in total. The maximum Gasteiger partial charge on any atom is 0.333 e. The molecule has 3 aromatic carbocycles. The predicted octanol–water partition coefficient (Wildman–Crippen LogP) is 3.35. The highest BCUT2D eigenvalue weighted by Crippen LogP contribution is 2.30. The summed E-state index contributed by atoms with van der Waals surface area (Å²) < 4.78 is 8.96. The van der Waals surface area contributed by atoms with E-state index in [1.807, 2.05) is 85.8 Å². The first-order chi connectivity index (χ1) is 20.9. The van der Waals surface area contributed by atoms with Gasteiger partial charge in [-0.15, -0.1) is 10.2 Å². The van der Waals surface area contributed by atoms with Crippen molar-refractivity contribution in [2.45, 2.75) is 33.0 Å². The van der Waals surface area contributed by atoms with Gasteiger partial charge in [0.2, 0.25) is 5.82 Å². The van der Waals surface area contributed by atoms with Gasteiger partial charge in [0.15, 0.2) is 11.2 Å².